The maximum atomic E-state index is 12.6. The molecule has 1 aliphatic carbocycles. The number of fused-ring (bicyclic) bond motifs is 1. The van der Waals surface area contributed by atoms with Crippen molar-refractivity contribution in [3.05, 3.63) is 35.5 Å². The topological polar surface area (TPSA) is 42.0 Å². The van der Waals surface area contributed by atoms with Crippen molar-refractivity contribution in [1.82, 2.24) is 4.98 Å². The standard InChI is InChI=1S/C19H24N2O/c1-13-9-14(2)16-11-15(12-20-17(16)10-13)21-18(22)19(3)7-5-4-6-8-19/h9-12H,4-8H2,1-3H3,(H,21,22). The Labute approximate surface area is 132 Å². The number of anilines is 1. The lowest BCUT2D eigenvalue weighted by atomic mass is 9.75. The second-order valence-corrected chi connectivity index (χ2v) is 6.95. The summed E-state index contributed by atoms with van der Waals surface area (Å²) in [5, 5.41) is 4.19. The van der Waals surface area contributed by atoms with Gasteiger partial charge in [-0.25, -0.2) is 0 Å². The van der Waals surface area contributed by atoms with Gasteiger partial charge in [0.25, 0.3) is 0 Å². The summed E-state index contributed by atoms with van der Waals surface area (Å²) in [6.07, 6.45) is 7.29. The fraction of sp³-hybridized carbons (Fsp3) is 0.474. The molecule has 3 rings (SSSR count). The van der Waals surface area contributed by atoms with Crippen LogP contribution in [0, 0.1) is 19.3 Å². The second-order valence-electron chi connectivity index (χ2n) is 6.95. The van der Waals surface area contributed by atoms with Gasteiger partial charge in [0.1, 0.15) is 0 Å². The van der Waals surface area contributed by atoms with E-state index < -0.39 is 0 Å². The number of hydrogen-bond acceptors (Lipinski definition) is 2. The van der Waals surface area contributed by atoms with E-state index in [0.717, 1.165) is 42.3 Å². The summed E-state index contributed by atoms with van der Waals surface area (Å²) >= 11 is 0. The van der Waals surface area contributed by atoms with Crippen LogP contribution in [0.1, 0.15) is 50.2 Å². The van der Waals surface area contributed by atoms with Gasteiger partial charge < -0.3 is 5.32 Å². The molecule has 2 aromatic rings. The number of carbonyl (C=O) groups excluding carboxylic acids is 1. The van der Waals surface area contributed by atoms with Crippen LogP contribution in [0.4, 0.5) is 5.69 Å². The van der Waals surface area contributed by atoms with Gasteiger partial charge in [-0.1, -0.05) is 32.3 Å². The Bertz CT molecular complexity index is 715. The number of rotatable bonds is 2. The van der Waals surface area contributed by atoms with Crippen LogP contribution in [0.3, 0.4) is 0 Å². The zero-order valence-corrected chi connectivity index (χ0v) is 13.7. The predicted octanol–water partition coefficient (Wildman–Crippen LogP) is 4.76. The maximum Gasteiger partial charge on any atom is 0.230 e. The van der Waals surface area contributed by atoms with E-state index >= 15 is 0 Å². The van der Waals surface area contributed by atoms with E-state index in [-0.39, 0.29) is 11.3 Å². The molecule has 3 nitrogen and oxygen atoms in total. The SMILES string of the molecule is Cc1cc(C)c2cc(NC(=O)C3(C)CCCCC3)cnc2c1. The molecule has 1 aromatic carbocycles. The normalized spacial score (nSPS) is 17.4. The molecule has 3 heteroatoms. The summed E-state index contributed by atoms with van der Waals surface area (Å²) in [7, 11) is 0. The molecular formula is C19H24N2O. The number of aromatic nitrogens is 1. The van der Waals surface area contributed by atoms with Gasteiger partial charge in [-0.2, -0.15) is 0 Å². The molecule has 0 saturated heterocycles. The lowest BCUT2D eigenvalue weighted by Crippen LogP contribution is -2.35. The Morgan fingerprint density at radius 2 is 1.86 bits per heavy atom. The van der Waals surface area contributed by atoms with Crippen LogP contribution in [-0.4, -0.2) is 10.9 Å². The Morgan fingerprint density at radius 3 is 2.59 bits per heavy atom. The van der Waals surface area contributed by atoms with Crippen molar-refractivity contribution in [2.75, 3.05) is 5.32 Å². The molecule has 22 heavy (non-hydrogen) atoms. The Kier molecular flexibility index (Phi) is 3.90. The Hall–Kier alpha value is -1.90. The van der Waals surface area contributed by atoms with E-state index in [4.69, 9.17) is 0 Å². The highest BCUT2D eigenvalue weighted by molar-refractivity contribution is 5.97. The molecule has 1 heterocycles. The van der Waals surface area contributed by atoms with Gasteiger partial charge in [0.2, 0.25) is 5.91 Å². The highest BCUT2D eigenvalue weighted by atomic mass is 16.2. The highest BCUT2D eigenvalue weighted by Gasteiger charge is 2.34. The Morgan fingerprint density at radius 1 is 1.14 bits per heavy atom. The van der Waals surface area contributed by atoms with Crippen LogP contribution in [0.2, 0.25) is 0 Å². The molecule has 116 valence electrons. The van der Waals surface area contributed by atoms with Gasteiger partial charge in [-0.3, -0.25) is 9.78 Å². The summed E-state index contributed by atoms with van der Waals surface area (Å²) in [4.78, 5) is 17.1. The average Bonchev–Trinajstić information content (AvgIpc) is 2.48. The van der Waals surface area contributed by atoms with Gasteiger partial charge in [-0.05, 0) is 49.9 Å². The number of aryl methyl sites for hydroxylation is 2. The quantitative estimate of drug-likeness (QED) is 0.868. The van der Waals surface area contributed by atoms with Crippen molar-refractivity contribution in [3.63, 3.8) is 0 Å². The minimum atomic E-state index is -0.227. The van der Waals surface area contributed by atoms with Crippen molar-refractivity contribution < 1.29 is 4.79 Å². The van der Waals surface area contributed by atoms with Gasteiger partial charge in [0.15, 0.2) is 0 Å². The molecule has 1 aromatic heterocycles. The first kappa shape index (κ1) is 15.0. The monoisotopic (exact) mass is 296 g/mol. The zero-order chi connectivity index (χ0) is 15.7. The number of nitrogens with zero attached hydrogens (tertiary/aromatic N) is 1. The lowest BCUT2D eigenvalue weighted by Gasteiger charge is -2.32. The third-order valence-corrected chi connectivity index (χ3v) is 4.92. The van der Waals surface area contributed by atoms with Crippen molar-refractivity contribution in [1.29, 1.82) is 0 Å². The molecule has 1 N–H and O–H groups in total. The molecule has 0 radical (unpaired) electrons. The fourth-order valence-corrected chi connectivity index (χ4v) is 3.49. The maximum absolute atomic E-state index is 12.6. The van der Waals surface area contributed by atoms with E-state index in [0.29, 0.717) is 0 Å². The molecule has 1 saturated carbocycles. The van der Waals surface area contributed by atoms with E-state index in [2.05, 4.69) is 43.2 Å². The fourth-order valence-electron chi connectivity index (χ4n) is 3.49. The van der Waals surface area contributed by atoms with Gasteiger partial charge in [0.05, 0.1) is 17.4 Å². The molecule has 1 aliphatic rings. The Balaban J connectivity index is 1.86. The van der Waals surface area contributed by atoms with Crippen molar-refractivity contribution in [2.24, 2.45) is 5.41 Å². The third-order valence-electron chi connectivity index (χ3n) is 4.92. The first-order valence-electron chi connectivity index (χ1n) is 8.16. The summed E-state index contributed by atoms with van der Waals surface area (Å²) in [6.45, 7) is 6.25. The number of nitrogens with one attached hydrogen (secondary N) is 1. The average molecular weight is 296 g/mol. The third kappa shape index (κ3) is 2.85. The summed E-state index contributed by atoms with van der Waals surface area (Å²) in [6, 6.07) is 6.27. The summed E-state index contributed by atoms with van der Waals surface area (Å²) in [5.41, 5.74) is 3.97. The van der Waals surface area contributed by atoms with E-state index in [1.807, 2.05) is 6.07 Å². The van der Waals surface area contributed by atoms with Crippen LogP contribution in [0.5, 0.6) is 0 Å². The molecule has 0 unspecified atom stereocenters. The number of amides is 1. The second kappa shape index (κ2) is 5.71. The van der Waals surface area contributed by atoms with Crippen LogP contribution >= 0.6 is 0 Å². The van der Waals surface area contributed by atoms with E-state index in [1.54, 1.807) is 6.20 Å². The molecule has 0 spiro atoms. The first-order chi connectivity index (χ1) is 10.5. The van der Waals surface area contributed by atoms with Crippen LogP contribution in [0.15, 0.2) is 24.4 Å². The summed E-state index contributed by atoms with van der Waals surface area (Å²) in [5.74, 6) is 0.137. The van der Waals surface area contributed by atoms with Crippen LogP contribution in [-0.2, 0) is 4.79 Å². The molecule has 0 atom stereocenters. The van der Waals surface area contributed by atoms with E-state index in [9.17, 15) is 4.79 Å². The predicted molar refractivity (Wildman–Crippen MR) is 91.0 cm³/mol. The first-order valence-corrected chi connectivity index (χ1v) is 8.16. The van der Waals surface area contributed by atoms with Gasteiger partial charge in [-0.15, -0.1) is 0 Å². The lowest BCUT2D eigenvalue weighted by molar-refractivity contribution is -0.126. The molecule has 1 fully saturated rings. The number of benzene rings is 1. The zero-order valence-electron chi connectivity index (χ0n) is 13.7. The van der Waals surface area contributed by atoms with Crippen LogP contribution < -0.4 is 5.32 Å². The molecule has 1 amide bonds. The summed E-state index contributed by atoms with van der Waals surface area (Å²) < 4.78 is 0. The van der Waals surface area contributed by atoms with Crippen molar-refractivity contribution in [3.8, 4) is 0 Å². The van der Waals surface area contributed by atoms with Crippen LogP contribution in [0.25, 0.3) is 10.9 Å². The number of hydrogen-bond donors (Lipinski definition) is 1. The number of carbonyl (C=O) groups is 1. The van der Waals surface area contributed by atoms with E-state index in [1.165, 1.54) is 17.5 Å². The highest BCUT2D eigenvalue weighted by Crippen LogP contribution is 2.36. The number of pyridine rings is 1. The van der Waals surface area contributed by atoms with Crippen molar-refractivity contribution >= 4 is 22.5 Å². The van der Waals surface area contributed by atoms with Gasteiger partial charge in [0, 0.05) is 10.8 Å². The molecular weight excluding hydrogens is 272 g/mol. The molecule has 0 bridgehead atoms. The smallest absolute Gasteiger partial charge is 0.230 e. The van der Waals surface area contributed by atoms with Gasteiger partial charge >= 0.3 is 0 Å². The molecule has 0 aliphatic heterocycles. The van der Waals surface area contributed by atoms with Crippen molar-refractivity contribution in [2.45, 2.75) is 52.9 Å². The minimum Gasteiger partial charge on any atom is -0.324 e. The largest absolute Gasteiger partial charge is 0.324 e. The minimum absolute atomic E-state index is 0.137.